The van der Waals surface area contributed by atoms with Gasteiger partial charge in [0.1, 0.15) is 18.1 Å². The fourth-order valence-corrected chi connectivity index (χ4v) is 6.35. The number of halogens is 3. The number of hydroxylamine groups is 2. The number of aromatic amines is 1. The number of nitrogens with zero attached hydrogens (tertiary/aromatic N) is 8. The molecule has 0 radical (unpaired) electrons. The number of hydrogen-bond acceptors (Lipinski definition) is 10. The summed E-state index contributed by atoms with van der Waals surface area (Å²) in [6.07, 6.45) is 4.65. The van der Waals surface area contributed by atoms with Crippen LogP contribution >= 0.6 is 0 Å². The van der Waals surface area contributed by atoms with E-state index in [1.807, 2.05) is 23.1 Å². The summed E-state index contributed by atoms with van der Waals surface area (Å²) >= 11 is 0. The van der Waals surface area contributed by atoms with Crippen LogP contribution in [-0.2, 0) is 11.7 Å². The van der Waals surface area contributed by atoms with Gasteiger partial charge in [0.05, 0.1) is 49.1 Å². The number of likely N-dealkylation sites (tertiary alicyclic amines) is 1. The van der Waals surface area contributed by atoms with Gasteiger partial charge in [0.2, 0.25) is 5.88 Å². The number of alkyl halides is 3. The minimum atomic E-state index is -4.66. The van der Waals surface area contributed by atoms with Gasteiger partial charge < -0.3 is 19.7 Å². The highest BCUT2D eigenvalue weighted by molar-refractivity contribution is 5.90. The minimum Gasteiger partial charge on any atom is -0.474 e. The average Bonchev–Trinajstić information content (AvgIpc) is 3.64. The van der Waals surface area contributed by atoms with Crippen LogP contribution in [0.2, 0.25) is 0 Å². The molecule has 6 heterocycles. The van der Waals surface area contributed by atoms with Crippen molar-refractivity contribution in [2.24, 2.45) is 0 Å². The lowest BCUT2D eigenvalue weighted by Crippen LogP contribution is -2.58. The Kier molecular flexibility index (Phi) is 7.14. The number of H-pyrrole nitrogens is 1. The summed E-state index contributed by atoms with van der Waals surface area (Å²) in [7, 11) is 0. The van der Waals surface area contributed by atoms with Crippen molar-refractivity contribution >= 4 is 11.0 Å². The molecule has 0 bridgehead atoms. The van der Waals surface area contributed by atoms with Crippen molar-refractivity contribution in [3.05, 3.63) is 48.8 Å². The van der Waals surface area contributed by atoms with Crippen molar-refractivity contribution in [3.63, 3.8) is 0 Å². The normalized spacial score (nSPS) is 23.7. The van der Waals surface area contributed by atoms with E-state index in [1.54, 1.807) is 6.20 Å². The van der Waals surface area contributed by atoms with Crippen molar-refractivity contribution in [1.29, 1.82) is 5.26 Å². The number of aliphatic hydroxyl groups excluding tert-OH is 1. The second-order valence-corrected chi connectivity index (χ2v) is 11.7. The number of fused-ring (bicyclic) bond motifs is 1. The smallest absolute Gasteiger partial charge is 0.433 e. The van der Waals surface area contributed by atoms with Gasteiger partial charge in [-0.15, -0.1) is 5.06 Å². The van der Waals surface area contributed by atoms with Crippen molar-refractivity contribution in [2.45, 2.75) is 62.1 Å². The average molecular weight is 610 g/mol. The highest BCUT2D eigenvalue weighted by Crippen LogP contribution is 2.46. The van der Waals surface area contributed by atoms with E-state index in [9.17, 15) is 23.5 Å². The fourth-order valence-electron chi connectivity index (χ4n) is 6.35. The topological polar surface area (TPSA) is 141 Å². The standard InChI is InChI=1S/C29H30F3N9O3/c30-29(31,32)24-9-22(44-40-15-20(42)16-40)10-25(38-24)43-21-2-7-39(8-3-21)19-11-28(12-19,4-5-33)41-14-18(13-37-41)26-23-1-6-34-27(23)36-17-35-26/h1,6,9-10,13-14,17,19-21,42H,2-4,7-8,11-12,15-16H2,(H,34,35,36)/t19-,28-. The molecule has 1 saturated carbocycles. The van der Waals surface area contributed by atoms with E-state index in [-0.39, 0.29) is 36.9 Å². The number of piperidine rings is 1. The summed E-state index contributed by atoms with van der Waals surface area (Å²) in [6.45, 7) is 1.86. The van der Waals surface area contributed by atoms with Crippen LogP contribution in [-0.4, -0.2) is 89.2 Å². The zero-order valence-electron chi connectivity index (χ0n) is 23.6. The number of pyridine rings is 1. The molecule has 2 N–H and O–H groups in total. The Labute approximate surface area is 250 Å². The third-order valence-electron chi connectivity index (χ3n) is 8.74. The number of β-amino-alcohol motifs (C(OH)–C–C–N with tert-alkyl or cyclic N) is 1. The Morgan fingerprint density at radius 3 is 2.68 bits per heavy atom. The SMILES string of the molecule is N#CC[C@]1(n2cc(-c3ncnc4[nH]ccc34)cn2)C[C@H](N2CCC(Oc3cc(ON4CC(O)C4)cc(C(F)(F)F)n3)CC2)C1. The number of aromatic nitrogens is 6. The third kappa shape index (κ3) is 5.44. The zero-order chi connectivity index (χ0) is 30.5. The quantitative estimate of drug-likeness (QED) is 0.305. The maximum absolute atomic E-state index is 13.5. The molecule has 0 amide bonds. The minimum absolute atomic E-state index is 0.0334. The highest BCUT2D eigenvalue weighted by Gasteiger charge is 2.49. The second kappa shape index (κ2) is 11.0. The van der Waals surface area contributed by atoms with E-state index in [0.717, 1.165) is 41.2 Å². The predicted molar refractivity (Wildman–Crippen MR) is 149 cm³/mol. The monoisotopic (exact) mass is 609 g/mol. The van der Waals surface area contributed by atoms with E-state index >= 15 is 0 Å². The molecule has 2 aliphatic heterocycles. The first-order valence-corrected chi connectivity index (χ1v) is 14.5. The molecule has 3 aliphatic rings. The number of rotatable bonds is 8. The van der Waals surface area contributed by atoms with Crippen LogP contribution in [0, 0.1) is 11.3 Å². The molecule has 44 heavy (non-hydrogen) atoms. The van der Waals surface area contributed by atoms with Crippen LogP contribution < -0.4 is 9.57 Å². The molecule has 7 rings (SSSR count). The zero-order valence-corrected chi connectivity index (χ0v) is 23.6. The van der Waals surface area contributed by atoms with Crippen LogP contribution in [0.15, 0.2) is 43.1 Å². The molecule has 1 aliphatic carbocycles. The largest absolute Gasteiger partial charge is 0.474 e. The van der Waals surface area contributed by atoms with Crippen LogP contribution in [0.25, 0.3) is 22.3 Å². The summed E-state index contributed by atoms with van der Waals surface area (Å²) < 4.78 is 48.4. The van der Waals surface area contributed by atoms with Crippen molar-refractivity contribution in [2.75, 3.05) is 26.2 Å². The molecule has 12 nitrogen and oxygen atoms in total. The molecule has 4 aromatic heterocycles. The molecule has 0 aromatic carbocycles. The number of hydrogen-bond donors (Lipinski definition) is 2. The molecule has 0 spiro atoms. The summed E-state index contributed by atoms with van der Waals surface area (Å²) in [6, 6.07) is 6.71. The molecule has 0 unspecified atom stereocenters. The van der Waals surface area contributed by atoms with Crippen molar-refractivity contribution in [3.8, 4) is 29.0 Å². The van der Waals surface area contributed by atoms with E-state index in [4.69, 9.17) is 9.57 Å². The Balaban J connectivity index is 0.981. The molecular weight excluding hydrogens is 579 g/mol. The second-order valence-electron chi connectivity index (χ2n) is 11.7. The van der Waals surface area contributed by atoms with Crippen LogP contribution in [0.1, 0.15) is 37.8 Å². The number of nitrogens with one attached hydrogen (secondary N) is 1. The lowest BCUT2D eigenvalue weighted by molar-refractivity contribution is -0.168. The van der Waals surface area contributed by atoms with Gasteiger partial charge >= 0.3 is 6.18 Å². The highest BCUT2D eigenvalue weighted by atomic mass is 19.4. The van der Waals surface area contributed by atoms with E-state index in [2.05, 4.69) is 36.0 Å². The molecule has 15 heteroatoms. The van der Waals surface area contributed by atoms with Gasteiger partial charge in [-0.1, -0.05) is 0 Å². The summed E-state index contributed by atoms with van der Waals surface area (Å²) in [4.78, 5) is 23.3. The maximum atomic E-state index is 13.5. The van der Waals surface area contributed by atoms with Gasteiger partial charge in [0.15, 0.2) is 11.4 Å². The van der Waals surface area contributed by atoms with E-state index in [0.29, 0.717) is 32.4 Å². The van der Waals surface area contributed by atoms with Gasteiger partial charge in [-0.2, -0.15) is 23.5 Å². The van der Waals surface area contributed by atoms with Crippen molar-refractivity contribution in [1.82, 2.24) is 39.7 Å². The molecular formula is C29H30F3N9O3. The van der Waals surface area contributed by atoms with Gasteiger partial charge in [0.25, 0.3) is 0 Å². The molecule has 230 valence electrons. The molecule has 3 fully saturated rings. The number of aliphatic hydroxyl groups is 1. The summed E-state index contributed by atoms with van der Waals surface area (Å²) in [5.74, 6) is -0.171. The van der Waals surface area contributed by atoms with Crippen molar-refractivity contribution < 1.29 is 27.9 Å². The lowest BCUT2D eigenvalue weighted by Gasteiger charge is -2.52. The van der Waals surface area contributed by atoms with Crippen LogP contribution in [0.3, 0.4) is 0 Å². The Morgan fingerprint density at radius 1 is 1.16 bits per heavy atom. The number of nitriles is 1. The van der Waals surface area contributed by atoms with Gasteiger partial charge in [-0.25, -0.2) is 15.0 Å². The van der Waals surface area contributed by atoms with E-state index in [1.165, 1.54) is 17.5 Å². The Bertz CT molecular complexity index is 1680. The van der Waals surface area contributed by atoms with Crippen LogP contribution in [0.5, 0.6) is 11.6 Å². The van der Waals surface area contributed by atoms with E-state index < -0.39 is 23.5 Å². The number of ether oxygens (including phenoxy) is 1. The lowest BCUT2D eigenvalue weighted by atomic mass is 9.69. The Hall–Kier alpha value is -4.26. The first kappa shape index (κ1) is 28.5. The third-order valence-corrected chi connectivity index (χ3v) is 8.74. The Morgan fingerprint density at radius 2 is 1.95 bits per heavy atom. The van der Waals surface area contributed by atoms with Gasteiger partial charge in [-0.3, -0.25) is 9.58 Å². The molecule has 0 atom stereocenters. The first-order chi connectivity index (χ1) is 21.2. The first-order valence-electron chi connectivity index (χ1n) is 14.5. The summed E-state index contributed by atoms with van der Waals surface area (Å²) in [5.41, 5.74) is 0.873. The summed E-state index contributed by atoms with van der Waals surface area (Å²) in [5, 5.41) is 26.0. The fraction of sp³-hybridized carbons (Fsp3) is 0.483. The van der Waals surface area contributed by atoms with Crippen LogP contribution in [0.4, 0.5) is 13.2 Å². The van der Waals surface area contributed by atoms with Gasteiger partial charge in [-0.05, 0) is 31.7 Å². The van der Waals surface area contributed by atoms with Gasteiger partial charge in [0, 0.05) is 54.6 Å². The predicted octanol–water partition coefficient (Wildman–Crippen LogP) is 3.52. The molecule has 2 saturated heterocycles. The molecule has 4 aromatic rings. The maximum Gasteiger partial charge on any atom is 0.433 e.